The molecule has 0 fully saturated rings. The molecule has 0 unspecified atom stereocenters. The molecule has 0 spiro atoms. The van der Waals surface area contributed by atoms with Gasteiger partial charge in [0.1, 0.15) is 5.69 Å². The van der Waals surface area contributed by atoms with Gasteiger partial charge in [-0.3, -0.25) is 14.5 Å². The van der Waals surface area contributed by atoms with E-state index in [9.17, 15) is 4.79 Å². The molecule has 1 aliphatic rings. The van der Waals surface area contributed by atoms with E-state index in [1.165, 1.54) is 11.3 Å². The van der Waals surface area contributed by atoms with E-state index in [1.54, 1.807) is 6.20 Å². The number of benzene rings is 1. The molecule has 1 amide bonds. The van der Waals surface area contributed by atoms with Gasteiger partial charge in [-0.25, -0.2) is 0 Å². The Morgan fingerprint density at radius 2 is 1.81 bits per heavy atom. The molecule has 1 aromatic carbocycles. The highest BCUT2D eigenvalue weighted by Gasteiger charge is 2.26. The van der Waals surface area contributed by atoms with Crippen LogP contribution in [0.3, 0.4) is 0 Å². The average Bonchev–Trinajstić information content (AvgIpc) is 2.84. The molecule has 0 atom stereocenters. The van der Waals surface area contributed by atoms with Crippen LogP contribution in [-0.4, -0.2) is 38.7 Å². The first kappa shape index (κ1) is 16.5. The SMILES string of the molecule is Cc1cccnc1C(=O)N1CCc2c(-c3ccccc3)nn(C)c2CC1. The van der Waals surface area contributed by atoms with Gasteiger partial charge in [-0.15, -0.1) is 0 Å². The van der Waals surface area contributed by atoms with E-state index in [1.807, 2.05) is 53.9 Å². The van der Waals surface area contributed by atoms with Crippen molar-refractivity contribution in [2.45, 2.75) is 19.8 Å². The molecular weight excluding hydrogens is 324 g/mol. The number of carbonyl (C=O) groups excluding carboxylic acids is 1. The van der Waals surface area contributed by atoms with Gasteiger partial charge in [0.2, 0.25) is 0 Å². The highest BCUT2D eigenvalue weighted by atomic mass is 16.2. The van der Waals surface area contributed by atoms with Crippen molar-refractivity contribution in [3.05, 3.63) is 71.2 Å². The molecule has 5 nitrogen and oxygen atoms in total. The van der Waals surface area contributed by atoms with Crippen LogP contribution in [0.1, 0.15) is 27.3 Å². The summed E-state index contributed by atoms with van der Waals surface area (Å²) in [5.74, 6) is 0.0186. The predicted octanol–water partition coefficient (Wildman–Crippen LogP) is 3.03. The number of carbonyl (C=O) groups is 1. The molecule has 3 aromatic rings. The van der Waals surface area contributed by atoms with Crippen LogP contribution in [0.2, 0.25) is 0 Å². The van der Waals surface area contributed by atoms with Crippen LogP contribution < -0.4 is 0 Å². The van der Waals surface area contributed by atoms with E-state index in [-0.39, 0.29) is 5.91 Å². The summed E-state index contributed by atoms with van der Waals surface area (Å²) in [6.07, 6.45) is 3.30. The molecule has 5 heteroatoms. The molecular formula is C21H22N4O. The largest absolute Gasteiger partial charge is 0.337 e. The Kier molecular flexibility index (Phi) is 4.29. The Labute approximate surface area is 153 Å². The van der Waals surface area contributed by atoms with Crippen LogP contribution in [0.15, 0.2) is 48.7 Å². The third-order valence-electron chi connectivity index (χ3n) is 5.07. The number of fused-ring (bicyclic) bond motifs is 1. The molecule has 26 heavy (non-hydrogen) atoms. The first-order valence-electron chi connectivity index (χ1n) is 8.96. The molecule has 0 aliphatic carbocycles. The highest BCUT2D eigenvalue weighted by Crippen LogP contribution is 2.28. The maximum absolute atomic E-state index is 12.9. The maximum atomic E-state index is 12.9. The number of aromatic nitrogens is 3. The Balaban J connectivity index is 1.62. The van der Waals surface area contributed by atoms with Crippen molar-refractivity contribution in [3.63, 3.8) is 0 Å². The summed E-state index contributed by atoms with van der Waals surface area (Å²) in [5, 5.41) is 4.75. The molecule has 2 aromatic heterocycles. The molecule has 4 rings (SSSR count). The monoisotopic (exact) mass is 346 g/mol. The van der Waals surface area contributed by atoms with Gasteiger partial charge in [0, 0.05) is 49.6 Å². The second kappa shape index (κ2) is 6.75. The Morgan fingerprint density at radius 3 is 2.58 bits per heavy atom. The standard InChI is InChI=1S/C21H22N4O/c1-15-7-6-12-22-19(15)21(26)25-13-10-17-18(11-14-25)24(2)23-20(17)16-8-4-3-5-9-16/h3-9,12H,10-11,13-14H2,1-2H3. The Morgan fingerprint density at radius 1 is 1.04 bits per heavy atom. The number of hydrogen-bond donors (Lipinski definition) is 0. The van der Waals surface area contributed by atoms with Crippen molar-refractivity contribution in [2.75, 3.05) is 13.1 Å². The van der Waals surface area contributed by atoms with Crippen LogP contribution in [0.4, 0.5) is 0 Å². The summed E-state index contributed by atoms with van der Waals surface area (Å²) in [7, 11) is 1.99. The number of hydrogen-bond acceptors (Lipinski definition) is 3. The number of pyridine rings is 1. The minimum absolute atomic E-state index is 0.0186. The van der Waals surface area contributed by atoms with Crippen molar-refractivity contribution < 1.29 is 4.79 Å². The minimum atomic E-state index is 0.0186. The summed E-state index contributed by atoms with van der Waals surface area (Å²) in [5.41, 5.74) is 6.12. The third-order valence-corrected chi connectivity index (χ3v) is 5.07. The number of amides is 1. The fourth-order valence-electron chi connectivity index (χ4n) is 3.67. The lowest BCUT2D eigenvalue weighted by atomic mass is 10.0. The first-order chi connectivity index (χ1) is 12.6. The zero-order valence-corrected chi connectivity index (χ0v) is 15.1. The minimum Gasteiger partial charge on any atom is -0.337 e. The zero-order valence-electron chi connectivity index (χ0n) is 15.1. The summed E-state index contributed by atoms with van der Waals surface area (Å²) in [4.78, 5) is 19.1. The predicted molar refractivity (Wildman–Crippen MR) is 101 cm³/mol. The summed E-state index contributed by atoms with van der Waals surface area (Å²) in [6, 6.07) is 14.1. The van der Waals surface area contributed by atoms with Crippen LogP contribution in [0.5, 0.6) is 0 Å². The van der Waals surface area contributed by atoms with E-state index >= 15 is 0 Å². The van der Waals surface area contributed by atoms with E-state index in [0.29, 0.717) is 18.8 Å². The van der Waals surface area contributed by atoms with Gasteiger partial charge in [0.05, 0.1) is 5.69 Å². The van der Waals surface area contributed by atoms with Gasteiger partial charge >= 0.3 is 0 Å². The van der Waals surface area contributed by atoms with Crippen LogP contribution in [-0.2, 0) is 19.9 Å². The second-order valence-corrected chi connectivity index (χ2v) is 6.72. The quantitative estimate of drug-likeness (QED) is 0.717. The molecule has 0 saturated carbocycles. The summed E-state index contributed by atoms with van der Waals surface area (Å²) < 4.78 is 1.97. The van der Waals surface area contributed by atoms with Crippen molar-refractivity contribution in [1.29, 1.82) is 0 Å². The van der Waals surface area contributed by atoms with E-state index in [4.69, 9.17) is 5.10 Å². The number of rotatable bonds is 2. The summed E-state index contributed by atoms with van der Waals surface area (Å²) >= 11 is 0. The average molecular weight is 346 g/mol. The summed E-state index contributed by atoms with van der Waals surface area (Å²) in [6.45, 7) is 3.31. The van der Waals surface area contributed by atoms with Gasteiger partial charge in [-0.1, -0.05) is 36.4 Å². The van der Waals surface area contributed by atoms with Gasteiger partial charge in [-0.2, -0.15) is 5.10 Å². The fourth-order valence-corrected chi connectivity index (χ4v) is 3.67. The molecule has 132 valence electrons. The van der Waals surface area contributed by atoms with Crippen LogP contribution >= 0.6 is 0 Å². The van der Waals surface area contributed by atoms with Crippen molar-refractivity contribution in [1.82, 2.24) is 19.7 Å². The third kappa shape index (κ3) is 2.90. The maximum Gasteiger partial charge on any atom is 0.272 e. The van der Waals surface area contributed by atoms with Crippen molar-refractivity contribution in [3.8, 4) is 11.3 Å². The van der Waals surface area contributed by atoms with E-state index in [2.05, 4.69) is 17.1 Å². The lowest BCUT2D eigenvalue weighted by Gasteiger charge is -2.20. The zero-order chi connectivity index (χ0) is 18.1. The van der Waals surface area contributed by atoms with Gasteiger partial charge in [0.15, 0.2) is 0 Å². The molecule has 1 aliphatic heterocycles. The van der Waals surface area contributed by atoms with Gasteiger partial charge < -0.3 is 4.90 Å². The smallest absolute Gasteiger partial charge is 0.272 e. The molecule has 0 radical (unpaired) electrons. The van der Waals surface area contributed by atoms with Gasteiger partial charge in [-0.05, 0) is 25.0 Å². The molecule has 3 heterocycles. The van der Waals surface area contributed by atoms with E-state index < -0.39 is 0 Å². The van der Waals surface area contributed by atoms with Crippen molar-refractivity contribution >= 4 is 5.91 Å². The lowest BCUT2D eigenvalue weighted by molar-refractivity contribution is 0.0756. The Bertz CT molecular complexity index is 946. The normalized spacial score (nSPS) is 14.0. The van der Waals surface area contributed by atoms with Gasteiger partial charge in [0.25, 0.3) is 5.91 Å². The number of aryl methyl sites for hydroxylation is 2. The topological polar surface area (TPSA) is 51.0 Å². The van der Waals surface area contributed by atoms with Crippen LogP contribution in [0, 0.1) is 6.92 Å². The van der Waals surface area contributed by atoms with Crippen LogP contribution in [0.25, 0.3) is 11.3 Å². The number of nitrogens with zero attached hydrogens (tertiary/aromatic N) is 4. The fraction of sp³-hybridized carbons (Fsp3) is 0.286. The lowest BCUT2D eigenvalue weighted by Crippen LogP contribution is -2.34. The van der Waals surface area contributed by atoms with E-state index in [0.717, 1.165) is 29.7 Å². The van der Waals surface area contributed by atoms with Crippen molar-refractivity contribution in [2.24, 2.45) is 7.05 Å². The molecule has 0 bridgehead atoms. The second-order valence-electron chi connectivity index (χ2n) is 6.72. The highest BCUT2D eigenvalue weighted by molar-refractivity contribution is 5.93. The Hall–Kier alpha value is -2.95. The molecule has 0 N–H and O–H groups in total. The molecule has 0 saturated heterocycles. The first-order valence-corrected chi connectivity index (χ1v) is 8.96.